The van der Waals surface area contributed by atoms with Crippen LogP contribution in [0.3, 0.4) is 0 Å². The molecule has 0 bridgehead atoms. The molecule has 2 aliphatic carbocycles. The number of hydrogen-bond acceptors (Lipinski definition) is 1. The van der Waals surface area contributed by atoms with E-state index in [2.05, 4.69) is 55.4 Å². The molecule has 0 radical (unpaired) electrons. The fourth-order valence-corrected chi connectivity index (χ4v) is 5.51. The second kappa shape index (κ2) is 7.50. The lowest BCUT2D eigenvalue weighted by Gasteiger charge is -2.40. The molecule has 1 aromatic rings. The highest BCUT2D eigenvalue weighted by Gasteiger charge is 2.32. The topological polar surface area (TPSA) is 12.0 Å². The summed E-state index contributed by atoms with van der Waals surface area (Å²) < 4.78 is 2.34. The Kier molecular flexibility index (Phi) is 5.66. The molecular weight excluding hydrogens is 390 g/mol. The van der Waals surface area contributed by atoms with E-state index in [9.17, 15) is 0 Å². The summed E-state index contributed by atoms with van der Waals surface area (Å²) in [5.74, 6) is 1.83. The van der Waals surface area contributed by atoms with Gasteiger partial charge in [-0.1, -0.05) is 51.0 Å². The van der Waals surface area contributed by atoms with E-state index < -0.39 is 0 Å². The minimum Gasteiger partial charge on any atom is -0.380 e. The normalized spacial score (nSPS) is 27.5. The maximum Gasteiger partial charge on any atom is 0.0631 e. The lowest BCUT2D eigenvalue weighted by Crippen LogP contribution is -2.37. The van der Waals surface area contributed by atoms with Crippen LogP contribution in [0.25, 0.3) is 0 Å². The summed E-state index contributed by atoms with van der Waals surface area (Å²) in [7, 11) is 0. The lowest BCUT2D eigenvalue weighted by atomic mass is 9.71. The summed E-state index contributed by atoms with van der Waals surface area (Å²) in [4.78, 5) is 0. The van der Waals surface area contributed by atoms with Crippen LogP contribution in [0, 0.1) is 11.8 Å². The van der Waals surface area contributed by atoms with Gasteiger partial charge in [-0.25, -0.2) is 0 Å². The van der Waals surface area contributed by atoms with Crippen LogP contribution < -0.4 is 5.32 Å². The van der Waals surface area contributed by atoms with Crippen molar-refractivity contribution in [2.24, 2.45) is 11.8 Å². The van der Waals surface area contributed by atoms with Gasteiger partial charge in [-0.15, -0.1) is 0 Å². The van der Waals surface area contributed by atoms with Crippen LogP contribution in [0.1, 0.15) is 57.8 Å². The largest absolute Gasteiger partial charge is 0.380 e. The minimum absolute atomic E-state index is 0.650. The predicted molar refractivity (Wildman–Crippen MR) is 97.8 cm³/mol. The first-order valence-electron chi connectivity index (χ1n) is 8.46. The van der Waals surface area contributed by atoms with Crippen molar-refractivity contribution in [2.75, 3.05) is 5.32 Å². The van der Waals surface area contributed by atoms with E-state index in [0.29, 0.717) is 6.04 Å². The molecule has 2 fully saturated rings. The third kappa shape index (κ3) is 3.85. The molecule has 0 heterocycles. The lowest BCUT2D eigenvalue weighted by molar-refractivity contribution is 0.180. The van der Waals surface area contributed by atoms with Gasteiger partial charge in [0.15, 0.2) is 0 Å². The quantitative estimate of drug-likeness (QED) is 0.575. The van der Waals surface area contributed by atoms with Crippen molar-refractivity contribution < 1.29 is 0 Å². The first-order valence-corrected chi connectivity index (χ1v) is 10.0. The molecule has 0 saturated heterocycles. The number of benzene rings is 1. The van der Waals surface area contributed by atoms with Gasteiger partial charge < -0.3 is 5.32 Å². The van der Waals surface area contributed by atoms with E-state index in [1.807, 2.05) is 0 Å². The zero-order valence-electron chi connectivity index (χ0n) is 12.6. The zero-order chi connectivity index (χ0) is 14.7. The SMILES string of the molecule is Brc1cccc(Br)c1NC1CCCCC1C1CCCCC1. The maximum atomic E-state index is 3.87. The molecule has 2 saturated carbocycles. The van der Waals surface area contributed by atoms with Crippen molar-refractivity contribution in [3.05, 3.63) is 27.1 Å². The van der Waals surface area contributed by atoms with Crippen LogP contribution in [0.5, 0.6) is 0 Å². The monoisotopic (exact) mass is 413 g/mol. The third-order valence-corrected chi connectivity index (χ3v) is 6.69. The van der Waals surface area contributed by atoms with Crippen LogP contribution >= 0.6 is 31.9 Å². The van der Waals surface area contributed by atoms with Gasteiger partial charge in [0.05, 0.1) is 5.69 Å². The summed E-state index contributed by atoms with van der Waals surface area (Å²) in [6.07, 6.45) is 12.8. The fourth-order valence-electron chi connectivity index (χ4n) is 4.29. The molecule has 3 rings (SSSR count). The van der Waals surface area contributed by atoms with Crippen LogP contribution in [0.15, 0.2) is 27.1 Å². The number of rotatable bonds is 3. The Morgan fingerprint density at radius 2 is 1.43 bits per heavy atom. The molecule has 2 atom stereocenters. The Balaban J connectivity index is 1.74. The van der Waals surface area contributed by atoms with E-state index in [1.54, 1.807) is 0 Å². The van der Waals surface area contributed by atoms with Gasteiger partial charge in [-0.2, -0.15) is 0 Å². The van der Waals surface area contributed by atoms with Crippen LogP contribution in [0.2, 0.25) is 0 Å². The van der Waals surface area contributed by atoms with Crippen LogP contribution in [-0.4, -0.2) is 6.04 Å². The third-order valence-electron chi connectivity index (χ3n) is 5.37. The highest BCUT2D eigenvalue weighted by atomic mass is 79.9. The van der Waals surface area contributed by atoms with E-state index in [4.69, 9.17) is 0 Å². The summed E-state index contributed by atoms with van der Waals surface area (Å²) >= 11 is 7.39. The van der Waals surface area contributed by atoms with E-state index in [-0.39, 0.29) is 0 Å². The van der Waals surface area contributed by atoms with E-state index in [1.165, 1.54) is 72.4 Å². The number of halogens is 2. The average Bonchev–Trinajstić information content (AvgIpc) is 2.52. The molecule has 21 heavy (non-hydrogen) atoms. The Morgan fingerprint density at radius 3 is 2.14 bits per heavy atom. The second-order valence-electron chi connectivity index (χ2n) is 6.69. The molecule has 0 amide bonds. The Morgan fingerprint density at radius 1 is 0.810 bits per heavy atom. The number of hydrogen-bond donors (Lipinski definition) is 1. The van der Waals surface area contributed by atoms with Crippen LogP contribution in [0.4, 0.5) is 5.69 Å². The van der Waals surface area contributed by atoms with Gasteiger partial charge in [0.25, 0.3) is 0 Å². The molecule has 116 valence electrons. The van der Waals surface area contributed by atoms with E-state index >= 15 is 0 Å². The van der Waals surface area contributed by atoms with Gasteiger partial charge in [-0.3, -0.25) is 0 Å². The minimum atomic E-state index is 0.650. The van der Waals surface area contributed by atoms with Gasteiger partial charge in [0.1, 0.15) is 0 Å². The van der Waals surface area contributed by atoms with Crippen molar-refractivity contribution >= 4 is 37.5 Å². The smallest absolute Gasteiger partial charge is 0.0631 e. The fraction of sp³-hybridized carbons (Fsp3) is 0.667. The summed E-state index contributed by atoms with van der Waals surface area (Å²) in [5, 5.41) is 3.87. The number of anilines is 1. The molecule has 0 spiro atoms. The van der Waals surface area contributed by atoms with Crippen LogP contribution in [-0.2, 0) is 0 Å². The first-order chi connectivity index (χ1) is 10.3. The first kappa shape index (κ1) is 15.9. The Bertz CT molecular complexity index is 448. The molecular formula is C18H25Br2N. The number of para-hydroxylation sites is 1. The Labute approximate surface area is 145 Å². The standard InChI is InChI=1S/C18H25Br2N/c19-15-10-6-11-16(20)18(15)21-17-12-5-4-9-14(17)13-7-2-1-3-8-13/h6,10-11,13-14,17,21H,1-5,7-9,12H2. The van der Waals surface area contributed by atoms with Crippen molar-refractivity contribution in [2.45, 2.75) is 63.8 Å². The summed E-state index contributed by atoms with van der Waals surface area (Å²) in [6, 6.07) is 6.99. The maximum absolute atomic E-state index is 3.87. The molecule has 2 unspecified atom stereocenters. The van der Waals surface area contributed by atoms with Crippen molar-refractivity contribution in [3.63, 3.8) is 0 Å². The Hall–Kier alpha value is -0.0200. The van der Waals surface area contributed by atoms with Gasteiger partial charge in [0, 0.05) is 15.0 Å². The zero-order valence-corrected chi connectivity index (χ0v) is 15.8. The van der Waals surface area contributed by atoms with Crippen molar-refractivity contribution in [3.8, 4) is 0 Å². The molecule has 2 aliphatic rings. The summed E-state index contributed by atoms with van der Waals surface area (Å²) in [6.45, 7) is 0. The molecule has 1 nitrogen and oxygen atoms in total. The van der Waals surface area contributed by atoms with Crippen molar-refractivity contribution in [1.29, 1.82) is 0 Å². The molecule has 1 aromatic carbocycles. The summed E-state index contributed by atoms with van der Waals surface area (Å²) in [5.41, 5.74) is 1.24. The highest BCUT2D eigenvalue weighted by Crippen LogP contribution is 2.41. The van der Waals surface area contributed by atoms with E-state index in [0.717, 1.165) is 11.8 Å². The number of nitrogens with one attached hydrogen (secondary N) is 1. The van der Waals surface area contributed by atoms with Gasteiger partial charge in [0.2, 0.25) is 0 Å². The highest BCUT2D eigenvalue weighted by molar-refractivity contribution is 9.11. The predicted octanol–water partition coefficient (Wildman–Crippen LogP) is 6.76. The molecule has 1 N–H and O–H groups in total. The van der Waals surface area contributed by atoms with Crippen molar-refractivity contribution in [1.82, 2.24) is 0 Å². The second-order valence-corrected chi connectivity index (χ2v) is 8.40. The molecule has 0 aromatic heterocycles. The van der Waals surface area contributed by atoms with Gasteiger partial charge in [-0.05, 0) is 68.7 Å². The molecule has 0 aliphatic heterocycles. The average molecular weight is 415 g/mol. The molecule has 3 heteroatoms. The van der Waals surface area contributed by atoms with Gasteiger partial charge >= 0.3 is 0 Å².